The highest BCUT2D eigenvalue weighted by molar-refractivity contribution is 5.93. The number of methoxy groups -OCH3 is 1. The van der Waals surface area contributed by atoms with Crippen LogP contribution in [0, 0.1) is 5.92 Å². The number of aromatic amines is 1. The van der Waals surface area contributed by atoms with E-state index in [4.69, 9.17) is 4.74 Å². The fraction of sp³-hybridized carbons (Fsp3) is 0.304. The molecular weight excluding hydrogens is 394 g/mol. The maximum Gasteiger partial charge on any atom is 0.271 e. The fourth-order valence-corrected chi connectivity index (χ4v) is 3.67. The summed E-state index contributed by atoms with van der Waals surface area (Å²) in [5, 5.41) is 10.0. The minimum absolute atomic E-state index is 0.0295. The first kappa shape index (κ1) is 20.6. The molecule has 1 aliphatic heterocycles. The number of H-pyrrole nitrogens is 1. The van der Waals surface area contributed by atoms with Crippen LogP contribution in [-0.4, -0.2) is 52.1 Å². The van der Waals surface area contributed by atoms with Crippen molar-refractivity contribution in [1.82, 2.24) is 25.4 Å². The fourth-order valence-electron chi connectivity index (χ4n) is 3.67. The number of carbonyl (C=O) groups excluding carboxylic acids is 2. The van der Waals surface area contributed by atoms with Crippen molar-refractivity contribution in [2.45, 2.75) is 19.4 Å². The molecule has 4 rings (SSSR count). The van der Waals surface area contributed by atoms with Crippen molar-refractivity contribution < 1.29 is 14.3 Å². The molecule has 3 heterocycles. The first-order valence-electron chi connectivity index (χ1n) is 10.3. The third-order valence-corrected chi connectivity index (χ3v) is 5.51. The van der Waals surface area contributed by atoms with Gasteiger partial charge in [0.2, 0.25) is 5.91 Å². The van der Waals surface area contributed by atoms with E-state index in [0.717, 1.165) is 11.3 Å². The molecule has 3 aromatic rings. The normalized spacial score (nSPS) is 14.3. The van der Waals surface area contributed by atoms with Gasteiger partial charge >= 0.3 is 0 Å². The van der Waals surface area contributed by atoms with Gasteiger partial charge in [0.25, 0.3) is 5.91 Å². The molecule has 0 saturated carbocycles. The number of amides is 2. The second-order valence-corrected chi connectivity index (χ2v) is 7.51. The lowest BCUT2D eigenvalue weighted by molar-refractivity contribution is -0.126. The SMILES string of the molecule is COc1ccc(CNC(=O)C2CCN(C(=O)c3cc(-c4ccccn4)n[nH]3)CC2)cc1. The molecule has 1 aliphatic rings. The molecule has 0 aliphatic carbocycles. The van der Waals surface area contributed by atoms with Gasteiger partial charge in [-0.2, -0.15) is 5.10 Å². The molecule has 160 valence electrons. The van der Waals surface area contributed by atoms with Crippen molar-refractivity contribution >= 4 is 11.8 Å². The van der Waals surface area contributed by atoms with E-state index in [9.17, 15) is 9.59 Å². The largest absolute Gasteiger partial charge is 0.497 e. The number of benzene rings is 1. The van der Waals surface area contributed by atoms with Gasteiger partial charge in [-0.05, 0) is 48.7 Å². The number of aromatic nitrogens is 3. The maximum absolute atomic E-state index is 12.8. The van der Waals surface area contributed by atoms with E-state index in [2.05, 4.69) is 20.5 Å². The minimum Gasteiger partial charge on any atom is -0.497 e. The van der Waals surface area contributed by atoms with E-state index in [0.29, 0.717) is 49.6 Å². The Hall–Kier alpha value is -3.68. The van der Waals surface area contributed by atoms with Gasteiger partial charge in [0.15, 0.2) is 0 Å². The van der Waals surface area contributed by atoms with Gasteiger partial charge in [-0.15, -0.1) is 0 Å². The molecule has 31 heavy (non-hydrogen) atoms. The minimum atomic E-state index is -0.105. The lowest BCUT2D eigenvalue weighted by Gasteiger charge is -2.31. The van der Waals surface area contributed by atoms with E-state index in [1.165, 1.54) is 0 Å². The van der Waals surface area contributed by atoms with Gasteiger partial charge < -0.3 is 15.0 Å². The zero-order chi connectivity index (χ0) is 21.6. The predicted octanol–water partition coefficient (Wildman–Crippen LogP) is 2.65. The van der Waals surface area contributed by atoms with Crippen LogP contribution in [0.5, 0.6) is 5.75 Å². The number of nitrogens with zero attached hydrogens (tertiary/aromatic N) is 3. The standard InChI is InChI=1S/C23H25N5O3/c1-31-18-7-5-16(6-8-18)15-25-22(29)17-9-12-28(13-10-17)23(30)21-14-20(26-27-21)19-4-2-3-11-24-19/h2-8,11,14,17H,9-10,12-13,15H2,1H3,(H,25,29)(H,26,27). The summed E-state index contributed by atoms with van der Waals surface area (Å²) in [6, 6.07) is 14.9. The number of hydrogen-bond donors (Lipinski definition) is 2. The van der Waals surface area contributed by atoms with Gasteiger partial charge in [0.1, 0.15) is 17.1 Å². The summed E-state index contributed by atoms with van der Waals surface area (Å²) < 4.78 is 5.15. The molecule has 0 atom stereocenters. The van der Waals surface area contributed by atoms with Crippen LogP contribution in [0.1, 0.15) is 28.9 Å². The monoisotopic (exact) mass is 419 g/mol. The molecule has 8 heteroatoms. The summed E-state index contributed by atoms with van der Waals surface area (Å²) in [5.74, 6) is 0.623. The van der Waals surface area contributed by atoms with Crippen LogP contribution >= 0.6 is 0 Å². The summed E-state index contributed by atoms with van der Waals surface area (Å²) in [7, 11) is 1.62. The number of pyridine rings is 1. The second-order valence-electron chi connectivity index (χ2n) is 7.51. The smallest absolute Gasteiger partial charge is 0.271 e. The average Bonchev–Trinajstić information content (AvgIpc) is 3.33. The van der Waals surface area contributed by atoms with Gasteiger partial charge in [-0.3, -0.25) is 19.7 Å². The van der Waals surface area contributed by atoms with Gasteiger partial charge in [-0.25, -0.2) is 0 Å². The van der Waals surface area contributed by atoms with Crippen molar-refractivity contribution in [3.63, 3.8) is 0 Å². The molecular formula is C23H25N5O3. The molecule has 1 saturated heterocycles. The van der Waals surface area contributed by atoms with Crippen LogP contribution in [0.3, 0.4) is 0 Å². The number of piperidine rings is 1. The third-order valence-electron chi connectivity index (χ3n) is 5.51. The third kappa shape index (κ3) is 4.91. The lowest BCUT2D eigenvalue weighted by atomic mass is 9.95. The summed E-state index contributed by atoms with van der Waals surface area (Å²) in [6.07, 6.45) is 2.97. The van der Waals surface area contributed by atoms with Gasteiger partial charge in [-0.1, -0.05) is 18.2 Å². The molecule has 1 aromatic carbocycles. The molecule has 2 N–H and O–H groups in total. The Kier molecular flexibility index (Phi) is 6.26. The highest BCUT2D eigenvalue weighted by Crippen LogP contribution is 2.21. The zero-order valence-corrected chi connectivity index (χ0v) is 17.4. The Morgan fingerprint density at radius 3 is 2.58 bits per heavy atom. The molecule has 2 amide bonds. The average molecular weight is 419 g/mol. The summed E-state index contributed by atoms with van der Waals surface area (Å²) >= 11 is 0. The highest BCUT2D eigenvalue weighted by atomic mass is 16.5. The maximum atomic E-state index is 12.8. The molecule has 8 nitrogen and oxygen atoms in total. The van der Waals surface area contributed by atoms with Crippen LogP contribution in [0.2, 0.25) is 0 Å². The Labute approximate surface area is 180 Å². The first-order chi connectivity index (χ1) is 15.1. The van der Waals surface area contributed by atoms with Crippen LogP contribution in [-0.2, 0) is 11.3 Å². The predicted molar refractivity (Wildman–Crippen MR) is 115 cm³/mol. The van der Waals surface area contributed by atoms with E-state index in [-0.39, 0.29) is 17.7 Å². The van der Waals surface area contributed by atoms with Crippen molar-refractivity contribution in [3.8, 4) is 17.1 Å². The number of hydrogen-bond acceptors (Lipinski definition) is 5. The first-order valence-corrected chi connectivity index (χ1v) is 10.3. The lowest BCUT2D eigenvalue weighted by Crippen LogP contribution is -2.43. The summed E-state index contributed by atoms with van der Waals surface area (Å²) in [6.45, 7) is 1.56. The molecule has 2 aromatic heterocycles. The van der Waals surface area contributed by atoms with Gasteiger partial charge in [0, 0.05) is 31.7 Å². The zero-order valence-electron chi connectivity index (χ0n) is 17.4. The molecule has 0 radical (unpaired) electrons. The van der Waals surface area contributed by atoms with Crippen molar-refractivity contribution in [1.29, 1.82) is 0 Å². The van der Waals surface area contributed by atoms with Crippen molar-refractivity contribution in [3.05, 3.63) is 66.0 Å². The molecule has 0 bridgehead atoms. The Bertz CT molecular complexity index is 1020. The Morgan fingerprint density at radius 1 is 1.13 bits per heavy atom. The molecule has 1 fully saturated rings. The van der Waals surface area contributed by atoms with E-state index in [1.807, 2.05) is 42.5 Å². The van der Waals surface area contributed by atoms with Crippen molar-refractivity contribution in [2.75, 3.05) is 20.2 Å². The number of nitrogens with one attached hydrogen (secondary N) is 2. The van der Waals surface area contributed by atoms with E-state index in [1.54, 1.807) is 24.3 Å². The second kappa shape index (κ2) is 9.42. The number of rotatable bonds is 6. The van der Waals surface area contributed by atoms with E-state index < -0.39 is 0 Å². The molecule has 0 spiro atoms. The topological polar surface area (TPSA) is 100 Å². The molecule has 0 unspecified atom stereocenters. The highest BCUT2D eigenvalue weighted by Gasteiger charge is 2.28. The van der Waals surface area contributed by atoms with Crippen LogP contribution < -0.4 is 10.1 Å². The number of carbonyl (C=O) groups is 2. The number of likely N-dealkylation sites (tertiary alicyclic amines) is 1. The van der Waals surface area contributed by atoms with E-state index >= 15 is 0 Å². The van der Waals surface area contributed by atoms with Gasteiger partial charge in [0.05, 0.1) is 12.8 Å². The summed E-state index contributed by atoms with van der Waals surface area (Å²) in [4.78, 5) is 31.4. The van der Waals surface area contributed by atoms with Crippen LogP contribution in [0.4, 0.5) is 0 Å². The quantitative estimate of drug-likeness (QED) is 0.640. The summed E-state index contributed by atoms with van der Waals surface area (Å²) in [5.41, 5.74) is 2.80. The Morgan fingerprint density at radius 2 is 1.90 bits per heavy atom. The Balaban J connectivity index is 1.27. The van der Waals surface area contributed by atoms with Crippen LogP contribution in [0.15, 0.2) is 54.7 Å². The van der Waals surface area contributed by atoms with Crippen LogP contribution in [0.25, 0.3) is 11.4 Å². The van der Waals surface area contributed by atoms with Crippen molar-refractivity contribution in [2.24, 2.45) is 5.92 Å². The number of ether oxygens (including phenoxy) is 1.